The third-order valence-electron chi connectivity index (χ3n) is 2.44. The van der Waals surface area contributed by atoms with Crippen LogP contribution in [-0.2, 0) is 12.8 Å². The smallest absolute Gasteiger partial charge is 0.0935 e. The summed E-state index contributed by atoms with van der Waals surface area (Å²) in [6.45, 7) is 0. The van der Waals surface area contributed by atoms with Crippen LogP contribution in [0.2, 0.25) is 0 Å². The molecule has 3 heteroatoms. The number of hydrogen-bond acceptors (Lipinski definition) is 2. The third kappa shape index (κ3) is 3.22. The van der Waals surface area contributed by atoms with Crippen molar-refractivity contribution in [2.45, 2.75) is 18.9 Å². The fourth-order valence-electron chi connectivity index (χ4n) is 1.65. The fourth-order valence-corrected chi connectivity index (χ4v) is 1.91. The lowest BCUT2D eigenvalue weighted by molar-refractivity contribution is 0.175. The molecule has 1 atom stereocenters. The average molecular weight is 281 g/mol. The molecule has 0 saturated carbocycles. The van der Waals surface area contributed by atoms with E-state index in [9.17, 15) is 5.11 Å². The lowest BCUT2D eigenvalue weighted by Crippen LogP contribution is -2.13. The summed E-state index contributed by atoms with van der Waals surface area (Å²) in [5, 5.41) is 9.89. The van der Waals surface area contributed by atoms with Crippen molar-refractivity contribution in [2.75, 3.05) is 0 Å². The zero-order chi connectivity index (χ0) is 11.4. The van der Waals surface area contributed by atoms with Gasteiger partial charge < -0.3 is 9.52 Å². The molecule has 2 aromatic rings. The largest absolute Gasteiger partial charge is 0.472 e. The summed E-state index contributed by atoms with van der Waals surface area (Å²) >= 11 is 3.39. The highest BCUT2D eigenvalue weighted by molar-refractivity contribution is 9.10. The van der Waals surface area contributed by atoms with Gasteiger partial charge in [0.1, 0.15) is 0 Å². The lowest BCUT2D eigenvalue weighted by Gasteiger charge is -2.09. The minimum absolute atomic E-state index is 0.362. The number of hydrogen-bond donors (Lipinski definition) is 1. The first-order chi connectivity index (χ1) is 7.74. The Morgan fingerprint density at radius 2 is 1.75 bits per heavy atom. The van der Waals surface area contributed by atoms with Crippen LogP contribution in [0.25, 0.3) is 0 Å². The molecule has 0 aliphatic heterocycles. The molecular formula is C13H13BrO2. The Morgan fingerprint density at radius 3 is 2.38 bits per heavy atom. The van der Waals surface area contributed by atoms with E-state index in [2.05, 4.69) is 15.9 Å². The zero-order valence-electron chi connectivity index (χ0n) is 8.77. The Labute approximate surface area is 103 Å². The van der Waals surface area contributed by atoms with Gasteiger partial charge in [-0.3, -0.25) is 0 Å². The summed E-state index contributed by atoms with van der Waals surface area (Å²) in [6.07, 6.45) is 4.23. The molecular weight excluding hydrogens is 268 g/mol. The summed E-state index contributed by atoms with van der Waals surface area (Å²) in [7, 11) is 0. The van der Waals surface area contributed by atoms with E-state index < -0.39 is 0 Å². The van der Waals surface area contributed by atoms with Gasteiger partial charge in [0, 0.05) is 10.9 Å². The predicted molar refractivity (Wildman–Crippen MR) is 66.3 cm³/mol. The molecule has 84 valence electrons. The van der Waals surface area contributed by atoms with Crippen LogP contribution < -0.4 is 0 Å². The van der Waals surface area contributed by atoms with Gasteiger partial charge in [0.25, 0.3) is 0 Å². The molecule has 0 fully saturated rings. The Balaban J connectivity index is 1.92. The highest BCUT2D eigenvalue weighted by Gasteiger charge is 2.07. The second kappa shape index (κ2) is 5.32. The highest BCUT2D eigenvalue weighted by Crippen LogP contribution is 2.13. The van der Waals surface area contributed by atoms with Gasteiger partial charge in [-0.25, -0.2) is 0 Å². The van der Waals surface area contributed by atoms with E-state index in [0.717, 1.165) is 15.6 Å². The van der Waals surface area contributed by atoms with Gasteiger partial charge in [-0.2, -0.15) is 0 Å². The molecule has 0 aliphatic carbocycles. The van der Waals surface area contributed by atoms with Gasteiger partial charge in [0.15, 0.2) is 0 Å². The van der Waals surface area contributed by atoms with Crippen molar-refractivity contribution in [3.8, 4) is 0 Å². The SMILES string of the molecule is OC(Cc1ccc(Br)cc1)Cc1ccoc1. The first-order valence-electron chi connectivity index (χ1n) is 5.17. The molecule has 2 nitrogen and oxygen atoms in total. The van der Waals surface area contributed by atoms with Crippen LogP contribution in [0.1, 0.15) is 11.1 Å². The molecule has 16 heavy (non-hydrogen) atoms. The molecule has 2 rings (SSSR count). The van der Waals surface area contributed by atoms with Crippen LogP contribution in [0.4, 0.5) is 0 Å². The number of aliphatic hydroxyl groups is 1. The van der Waals surface area contributed by atoms with Crippen molar-refractivity contribution in [3.63, 3.8) is 0 Å². The minimum atomic E-state index is -0.362. The number of aliphatic hydroxyl groups excluding tert-OH is 1. The van der Waals surface area contributed by atoms with Crippen LogP contribution in [0, 0.1) is 0 Å². The van der Waals surface area contributed by atoms with Crippen molar-refractivity contribution in [1.29, 1.82) is 0 Å². The molecule has 1 N–H and O–H groups in total. The summed E-state index contributed by atoms with van der Waals surface area (Å²) in [6, 6.07) is 9.88. The normalized spacial score (nSPS) is 12.6. The molecule has 0 aliphatic rings. The second-order valence-electron chi connectivity index (χ2n) is 3.82. The lowest BCUT2D eigenvalue weighted by atomic mass is 10.0. The number of halogens is 1. The molecule has 0 saturated heterocycles. The highest BCUT2D eigenvalue weighted by atomic mass is 79.9. The topological polar surface area (TPSA) is 33.4 Å². The molecule has 1 unspecified atom stereocenters. The van der Waals surface area contributed by atoms with Crippen molar-refractivity contribution in [2.24, 2.45) is 0 Å². The van der Waals surface area contributed by atoms with E-state index >= 15 is 0 Å². The molecule has 0 spiro atoms. The van der Waals surface area contributed by atoms with E-state index in [1.807, 2.05) is 30.3 Å². The monoisotopic (exact) mass is 280 g/mol. The summed E-state index contributed by atoms with van der Waals surface area (Å²) < 4.78 is 6.02. The summed E-state index contributed by atoms with van der Waals surface area (Å²) in [4.78, 5) is 0. The van der Waals surface area contributed by atoms with Crippen molar-refractivity contribution < 1.29 is 9.52 Å². The van der Waals surface area contributed by atoms with Gasteiger partial charge in [-0.15, -0.1) is 0 Å². The Bertz CT molecular complexity index is 420. The quantitative estimate of drug-likeness (QED) is 0.933. The Kier molecular flexibility index (Phi) is 3.80. The van der Waals surface area contributed by atoms with E-state index in [0.29, 0.717) is 12.8 Å². The van der Waals surface area contributed by atoms with Crippen molar-refractivity contribution in [3.05, 3.63) is 58.5 Å². The van der Waals surface area contributed by atoms with E-state index in [4.69, 9.17) is 4.42 Å². The zero-order valence-corrected chi connectivity index (χ0v) is 10.4. The number of furan rings is 1. The number of rotatable bonds is 4. The van der Waals surface area contributed by atoms with Crippen molar-refractivity contribution in [1.82, 2.24) is 0 Å². The molecule has 0 radical (unpaired) electrons. The van der Waals surface area contributed by atoms with Gasteiger partial charge in [-0.05, 0) is 35.7 Å². The Morgan fingerprint density at radius 1 is 1.06 bits per heavy atom. The van der Waals surface area contributed by atoms with Gasteiger partial charge >= 0.3 is 0 Å². The van der Waals surface area contributed by atoms with Crippen LogP contribution in [-0.4, -0.2) is 11.2 Å². The van der Waals surface area contributed by atoms with Crippen LogP contribution in [0.3, 0.4) is 0 Å². The minimum Gasteiger partial charge on any atom is -0.472 e. The molecule has 1 aromatic heterocycles. The first-order valence-corrected chi connectivity index (χ1v) is 5.97. The predicted octanol–water partition coefficient (Wildman–Crippen LogP) is 3.19. The summed E-state index contributed by atoms with van der Waals surface area (Å²) in [5.74, 6) is 0. The third-order valence-corrected chi connectivity index (χ3v) is 2.96. The van der Waals surface area contributed by atoms with E-state index in [-0.39, 0.29) is 6.10 Å². The van der Waals surface area contributed by atoms with Gasteiger partial charge in [-0.1, -0.05) is 28.1 Å². The average Bonchev–Trinajstić information content (AvgIpc) is 2.74. The van der Waals surface area contributed by atoms with Crippen LogP contribution in [0.5, 0.6) is 0 Å². The van der Waals surface area contributed by atoms with Crippen molar-refractivity contribution >= 4 is 15.9 Å². The maximum atomic E-state index is 9.89. The van der Waals surface area contributed by atoms with Gasteiger partial charge in [0.05, 0.1) is 18.6 Å². The molecule has 1 heterocycles. The standard InChI is InChI=1S/C13H13BrO2/c14-12-3-1-10(2-4-12)7-13(15)8-11-5-6-16-9-11/h1-6,9,13,15H,7-8H2. The second-order valence-corrected chi connectivity index (χ2v) is 4.74. The maximum Gasteiger partial charge on any atom is 0.0935 e. The Hall–Kier alpha value is -1.06. The first kappa shape index (κ1) is 11.4. The molecule has 1 aromatic carbocycles. The van der Waals surface area contributed by atoms with Gasteiger partial charge in [0.2, 0.25) is 0 Å². The van der Waals surface area contributed by atoms with E-state index in [1.54, 1.807) is 12.5 Å². The summed E-state index contributed by atoms with van der Waals surface area (Å²) in [5.41, 5.74) is 2.17. The fraction of sp³-hybridized carbons (Fsp3) is 0.231. The van der Waals surface area contributed by atoms with Crippen LogP contribution in [0.15, 0.2) is 51.7 Å². The maximum absolute atomic E-state index is 9.89. The molecule has 0 amide bonds. The molecule has 0 bridgehead atoms. The van der Waals surface area contributed by atoms with E-state index in [1.165, 1.54) is 0 Å². The van der Waals surface area contributed by atoms with Crippen LogP contribution >= 0.6 is 15.9 Å². The number of benzene rings is 1.